The summed E-state index contributed by atoms with van der Waals surface area (Å²) in [4.78, 5) is 0. The van der Waals surface area contributed by atoms with Gasteiger partial charge in [-0.05, 0) is 83.7 Å². The number of hydrogen-bond acceptors (Lipinski definition) is 2. The van der Waals surface area contributed by atoms with Crippen LogP contribution in [0.2, 0.25) is 0 Å². The van der Waals surface area contributed by atoms with Gasteiger partial charge in [-0.1, -0.05) is 89.5 Å². The van der Waals surface area contributed by atoms with Crippen LogP contribution in [0, 0.1) is 0 Å². The molecule has 0 saturated heterocycles. The molecule has 0 aromatic heterocycles. The van der Waals surface area contributed by atoms with Crippen molar-refractivity contribution in [2.24, 2.45) is 0 Å². The highest BCUT2D eigenvalue weighted by Crippen LogP contribution is 2.40. The number of hydrogen-bond donors (Lipinski definition) is 2. The fourth-order valence-electron chi connectivity index (χ4n) is 6.31. The van der Waals surface area contributed by atoms with E-state index in [9.17, 15) is 10.2 Å². The average Bonchev–Trinajstić information content (AvgIpc) is 2.85. The molecule has 180 valence electrons. The minimum Gasteiger partial charge on any atom is -0.507 e. The summed E-state index contributed by atoms with van der Waals surface area (Å²) in [6.45, 7) is 4.37. The Morgan fingerprint density at radius 1 is 0.576 bits per heavy atom. The predicted molar refractivity (Wildman–Crippen MR) is 139 cm³/mol. The average molecular weight is 449 g/mol. The SMILES string of the molecule is CCCc1cc(C2CCCCC2)cc(Cc2cc(C3CCCCC3)cc(CCC)c2O)c1O. The lowest BCUT2D eigenvalue weighted by Crippen LogP contribution is -2.08. The topological polar surface area (TPSA) is 40.5 Å². The summed E-state index contributed by atoms with van der Waals surface area (Å²) in [5, 5.41) is 22.4. The molecule has 2 heteroatoms. The lowest BCUT2D eigenvalue weighted by molar-refractivity contribution is 0.436. The van der Waals surface area contributed by atoms with E-state index < -0.39 is 0 Å². The minimum atomic E-state index is 0.455. The maximum absolute atomic E-state index is 11.2. The zero-order valence-electron chi connectivity index (χ0n) is 21.0. The van der Waals surface area contributed by atoms with Crippen molar-refractivity contribution in [2.75, 3.05) is 0 Å². The number of phenolic OH excluding ortho intramolecular Hbond substituents is 2. The van der Waals surface area contributed by atoms with Gasteiger partial charge in [-0.15, -0.1) is 0 Å². The molecular formula is C31H44O2. The van der Waals surface area contributed by atoms with Crippen LogP contribution in [-0.2, 0) is 19.3 Å². The normalized spacial score (nSPS) is 18.0. The minimum absolute atomic E-state index is 0.455. The quantitative estimate of drug-likeness (QED) is 0.424. The Kier molecular flexibility index (Phi) is 8.39. The molecule has 0 aliphatic heterocycles. The van der Waals surface area contributed by atoms with Crippen molar-refractivity contribution in [3.63, 3.8) is 0 Å². The van der Waals surface area contributed by atoms with E-state index in [0.717, 1.165) is 47.9 Å². The van der Waals surface area contributed by atoms with Gasteiger partial charge in [-0.3, -0.25) is 0 Å². The van der Waals surface area contributed by atoms with Gasteiger partial charge in [0.1, 0.15) is 11.5 Å². The molecule has 2 aromatic rings. The molecule has 2 nitrogen and oxygen atoms in total. The second kappa shape index (κ2) is 11.4. The fourth-order valence-corrected chi connectivity index (χ4v) is 6.31. The number of phenols is 2. The van der Waals surface area contributed by atoms with Crippen LogP contribution in [0.3, 0.4) is 0 Å². The van der Waals surface area contributed by atoms with Gasteiger partial charge in [-0.2, -0.15) is 0 Å². The Hall–Kier alpha value is -1.96. The Labute approximate surface area is 201 Å². The van der Waals surface area contributed by atoms with Crippen LogP contribution >= 0.6 is 0 Å². The summed E-state index contributed by atoms with van der Waals surface area (Å²) >= 11 is 0. The van der Waals surface area contributed by atoms with Crippen LogP contribution in [-0.4, -0.2) is 10.2 Å². The highest BCUT2D eigenvalue weighted by atomic mass is 16.3. The monoisotopic (exact) mass is 448 g/mol. The highest BCUT2D eigenvalue weighted by Gasteiger charge is 2.22. The van der Waals surface area contributed by atoms with Crippen molar-refractivity contribution in [2.45, 2.75) is 122 Å². The van der Waals surface area contributed by atoms with Gasteiger partial charge < -0.3 is 10.2 Å². The number of aryl methyl sites for hydroxylation is 2. The van der Waals surface area contributed by atoms with Crippen molar-refractivity contribution in [1.29, 1.82) is 0 Å². The van der Waals surface area contributed by atoms with Crippen LogP contribution in [0.1, 0.15) is 136 Å². The van der Waals surface area contributed by atoms with Crippen LogP contribution < -0.4 is 0 Å². The van der Waals surface area contributed by atoms with Gasteiger partial charge >= 0.3 is 0 Å². The molecule has 0 amide bonds. The Morgan fingerprint density at radius 3 is 1.30 bits per heavy atom. The second-order valence-corrected chi connectivity index (χ2v) is 10.7. The molecule has 4 rings (SSSR count). The molecule has 0 heterocycles. The Bertz CT molecular complexity index is 842. The number of rotatable bonds is 8. The largest absolute Gasteiger partial charge is 0.507 e. The summed E-state index contributed by atoms with van der Waals surface area (Å²) < 4.78 is 0. The lowest BCUT2D eigenvalue weighted by Gasteiger charge is -2.25. The Morgan fingerprint density at radius 2 is 0.939 bits per heavy atom. The fraction of sp³-hybridized carbons (Fsp3) is 0.613. The third kappa shape index (κ3) is 5.76. The maximum atomic E-state index is 11.2. The summed E-state index contributed by atoms with van der Waals surface area (Å²) in [6.07, 6.45) is 17.5. The molecule has 2 fully saturated rings. The summed E-state index contributed by atoms with van der Waals surface area (Å²) in [7, 11) is 0. The summed E-state index contributed by atoms with van der Waals surface area (Å²) in [5.41, 5.74) is 6.99. The molecule has 33 heavy (non-hydrogen) atoms. The van der Waals surface area contributed by atoms with Gasteiger partial charge in [0.15, 0.2) is 0 Å². The van der Waals surface area contributed by atoms with Crippen LogP contribution in [0.15, 0.2) is 24.3 Å². The smallest absolute Gasteiger partial charge is 0.122 e. The van der Waals surface area contributed by atoms with E-state index >= 15 is 0 Å². The first-order valence-electron chi connectivity index (χ1n) is 13.8. The van der Waals surface area contributed by atoms with E-state index in [1.165, 1.54) is 75.3 Å². The van der Waals surface area contributed by atoms with E-state index in [1.54, 1.807) is 0 Å². The molecule has 2 aliphatic carbocycles. The third-order valence-corrected chi connectivity index (χ3v) is 8.15. The number of aromatic hydroxyl groups is 2. The van der Waals surface area contributed by atoms with E-state index in [0.29, 0.717) is 29.8 Å². The summed E-state index contributed by atoms with van der Waals surface area (Å²) in [5.74, 6) is 2.14. The van der Waals surface area contributed by atoms with Gasteiger partial charge in [0.05, 0.1) is 0 Å². The standard InChI is InChI=1S/C31H44O2/c1-3-11-24-17-26(22-13-7-5-8-14-22)19-28(30(24)32)21-29-20-27(23-15-9-6-10-16-23)18-25(12-4-2)31(29)33/h17-20,22-23,32-33H,3-16,21H2,1-2H3. The Balaban J connectivity index is 1.71. The zero-order valence-corrected chi connectivity index (χ0v) is 21.0. The van der Waals surface area contributed by atoms with Crippen molar-refractivity contribution >= 4 is 0 Å². The molecule has 0 spiro atoms. The van der Waals surface area contributed by atoms with Gasteiger partial charge in [0.2, 0.25) is 0 Å². The van der Waals surface area contributed by atoms with Gasteiger partial charge in [-0.25, -0.2) is 0 Å². The molecule has 0 unspecified atom stereocenters. The molecular weight excluding hydrogens is 404 g/mol. The van der Waals surface area contributed by atoms with Crippen LogP contribution in [0.5, 0.6) is 11.5 Å². The molecule has 0 radical (unpaired) electrons. The lowest BCUT2D eigenvalue weighted by atomic mass is 9.80. The summed E-state index contributed by atoms with van der Waals surface area (Å²) in [6, 6.07) is 9.08. The molecule has 2 N–H and O–H groups in total. The van der Waals surface area contributed by atoms with Gasteiger partial charge in [0.25, 0.3) is 0 Å². The van der Waals surface area contributed by atoms with Crippen molar-refractivity contribution in [3.8, 4) is 11.5 Å². The van der Waals surface area contributed by atoms with Crippen molar-refractivity contribution in [1.82, 2.24) is 0 Å². The van der Waals surface area contributed by atoms with Crippen molar-refractivity contribution in [3.05, 3.63) is 57.6 Å². The zero-order chi connectivity index (χ0) is 23.2. The molecule has 2 saturated carbocycles. The number of benzene rings is 2. The first-order valence-corrected chi connectivity index (χ1v) is 13.8. The molecule has 0 atom stereocenters. The van der Waals surface area contributed by atoms with Crippen LogP contribution in [0.4, 0.5) is 0 Å². The second-order valence-electron chi connectivity index (χ2n) is 10.7. The third-order valence-electron chi connectivity index (χ3n) is 8.15. The van der Waals surface area contributed by atoms with Crippen molar-refractivity contribution < 1.29 is 10.2 Å². The van der Waals surface area contributed by atoms with E-state index in [4.69, 9.17) is 0 Å². The first-order chi connectivity index (χ1) is 16.1. The van der Waals surface area contributed by atoms with Crippen LogP contribution in [0.25, 0.3) is 0 Å². The first kappa shape index (κ1) is 24.2. The molecule has 0 bridgehead atoms. The molecule has 2 aromatic carbocycles. The van der Waals surface area contributed by atoms with E-state index in [-0.39, 0.29) is 0 Å². The predicted octanol–water partition coefficient (Wildman–Crippen LogP) is 8.69. The molecule has 2 aliphatic rings. The highest BCUT2D eigenvalue weighted by molar-refractivity contribution is 5.52. The van der Waals surface area contributed by atoms with E-state index in [1.807, 2.05) is 0 Å². The van der Waals surface area contributed by atoms with E-state index in [2.05, 4.69) is 38.1 Å². The maximum Gasteiger partial charge on any atom is 0.122 e. The van der Waals surface area contributed by atoms with Gasteiger partial charge in [0, 0.05) is 6.42 Å².